The Bertz CT molecular complexity index is 918. The third-order valence-corrected chi connectivity index (χ3v) is 4.14. The molecule has 0 aliphatic heterocycles. The quantitative estimate of drug-likeness (QED) is 0.485. The fourth-order valence-corrected chi connectivity index (χ4v) is 2.46. The number of halogens is 1. The van der Waals surface area contributed by atoms with Gasteiger partial charge in [0, 0.05) is 10.6 Å². The fourth-order valence-electron chi connectivity index (χ4n) is 2.33. The molecule has 0 bridgehead atoms. The molecule has 1 N–H and O–H groups in total. The normalized spacial score (nSPS) is 10.7. The Morgan fingerprint density at radius 2 is 1.67 bits per heavy atom. The number of hydrazone groups is 1. The Balaban J connectivity index is 1.50. The number of benzene rings is 3. The molecule has 0 aromatic heterocycles. The maximum absolute atomic E-state index is 12.0. The van der Waals surface area contributed by atoms with E-state index in [0.717, 1.165) is 16.9 Å². The van der Waals surface area contributed by atoms with Crippen LogP contribution >= 0.6 is 11.6 Å². The van der Waals surface area contributed by atoms with Gasteiger partial charge in [0.05, 0.1) is 6.21 Å². The predicted octanol–water partition coefficient (Wildman–Crippen LogP) is 4.99. The molecular formula is C22H19ClN2O2. The maximum atomic E-state index is 12.0. The molecule has 0 aliphatic rings. The highest BCUT2D eigenvalue weighted by Crippen LogP contribution is 2.14. The molecule has 0 saturated heterocycles. The monoisotopic (exact) mass is 378 g/mol. The van der Waals surface area contributed by atoms with E-state index in [9.17, 15) is 4.79 Å². The van der Waals surface area contributed by atoms with Crippen molar-refractivity contribution in [1.82, 2.24) is 5.43 Å². The average molecular weight is 379 g/mol. The minimum atomic E-state index is -0.291. The highest BCUT2D eigenvalue weighted by Gasteiger charge is 2.03. The molecule has 0 fully saturated rings. The molecule has 0 radical (unpaired) electrons. The SMILES string of the molecule is Cc1ccc(COc2ccc(C=NNC(=O)c3ccc(Cl)cc3)cc2)cc1. The number of nitrogens with zero attached hydrogens (tertiary/aromatic N) is 1. The van der Waals surface area contributed by atoms with Gasteiger partial charge in [-0.1, -0.05) is 41.4 Å². The van der Waals surface area contributed by atoms with Crippen molar-refractivity contribution in [2.75, 3.05) is 0 Å². The van der Waals surface area contributed by atoms with Gasteiger partial charge in [-0.25, -0.2) is 5.43 Å². The van der Waals surface area contributed by atoms with E-state index in [0.29, 0.717) is 17.2 Å². The largest absolute Gasteiger partial charge is 0.489 e. The van der Waals surface area contributed by atoms with Crippen LogP contribution < -0.4 is 10.2 Å². The summed E-state index contributed by atoms with van der Waals surface area (Å²) in [5, 5.41) is 4.56. The molecule has 5 heteroatoms. The van der Waals surface area contributed by atoms with Gasteiger partial charge in [0.1, 0.15) is 12.4 Å². The fraction of sp³-hybridized carbons (Fsp3) is 0.0909. The van der Waals surface area contributed by atoms with Crippen LogP contribution in [0.4, 0.5) is 0 Å². The summed E-state index contributed by atoms with van der Waals surface area (Å²) in [5.41, 5.74) is 6.19. The third kappa shape index (κ3) is 5.69. The van der Waals surface area contributed by atoms with E-state index >= 15 is 0 Å². The van der Waals surface area contributed by atoms with Crippen LogP contribution in [0, 0.1) is 6.92 Å². The molecule has 27 heavy (non-hydrogen) atoms. The van der Waals surface area contributed by atoms with Crippen molar-refractivity contribution in [3.63, 3.8) is 0 Å². The van der Waals surface area contributed by atoms with Crippen molar-refractivity contribution in [1.29, 1.82) is 0 Å². The molecule has 0 atom stereocenters. The zero-order valence-corrected chi connectivity index (χ0v) is 15.6. The summed E-state index contributed by atoms with van der Waals surface area (Å²) in [7, 11) is 0. The van der Waals surface area contributed by atoms with Crippen molar-refractivity contribution in [3.05, 3.63) is 100 Å². The first-order valence-electron chi connectivity index (χ1n) is 8.47. The molecule has 0 saturated carbocycles. The lowest BCUT2D eigenvalue weighted by Crippen LogP contribution is -2.17. The minimum Gasteiger partial charge on any atom is -0.489 e. The molecule has 1 amide bonds. The Hall–Kier alpha value is -3.11. The number of nitrogens with one attached hydrogen (secondary N) is 1. The second-order valence-electron chi connectivity index (χ2n) is 6.05. The first kappa shape index (κ1) is 18.7. The van der Waals surface area contributed by atoms with Crippen molar-refractivity contribution in [2.45, 2.75) is 13.5 Å². The van der Waals surface area contributed by atoms with Crippen LogP contribution in [0.2, 0.25) is 5.02 Å². The van der Waals surface area contributed by atoms with E-state index in [2.05, 4.69) is 41.7 Å². The lowest BCUT2D eigenvalue weighted by atomic mass is 10.2. The highest BCUT2D eigenvalue weighted by atomic mass is 35.5. The Kier molecular flexibility index (Phi) is 6.23. The average Bonchev–Trinajstić information content (AvgIpc) is 2.69. The topological polar surface area (TPSA) is 50.7 Å². The number of hydrogen-bond donors (Lipinski definition) is 1. The molecule has 0 unspecified atom stereocenters. The second-order valence-corrected chi connectivity index (χ2v) is 6.49. The standard InChI is InChI=1S/C22H19ClN2O2/c1-16-2-4-18(5-3-16)15-27-21-12-6-17(7-13-21)14-24-25-22(26)19-8-10-20(23)11-9-19/h2-14H,15H2,1H3,(H,25,26). The minimum absolute atomic E-state index is 0.291. The van der Waals surface area contributed by atoms with Gasteiger partial charge in [0.2, 0.25) is 0 Å². The van der Waals surface area contributed by atoms with Crippen molar-refractivity contribution in [2.24, 2.45) is 5.10 Å². The number of amides is 1. The van der Waals surface area contributed by atoms with Gasteiger partial charge in [-0.15, -0.1) is 0 Å². The molecule has 0 spiro atoms. The van der Waals surface area contributed by atoms with Gasteiger partial charge in [-0.3, -0.25) is 4.79 Å². The molecule has 0 heterocycles. The second kappa shape index (κ2) is 9.01. The van der Waals surface area contributed by atoms with Gasteiger partial charge in [0.15, 0.2) is 0 Å². The van der Waals surface area contributed by atoms with Crippen LogP contribution in [0.15, 0.2) is 77.9 Å². The van der Waals surface area contributed by atoms with Crippen LogP contribution in [-0.2, 0) is 6.61 Å². The third-order valence-electron chi connectivity index (χ3n) is 3.89. The number of carbonyl (C=O) groups excluding carboxylic acids is 1. The number of ether oxygens (including phenoxy) is 1. The zero-order valence-electron chi connectivity index (χ0n) is 14.9. The molecule has 3 aromatic rings. The summed E-state index contributed by atoms with van der Waals surface area (Å²) in [6.45, 7) is 2.58. The summed E-state index contributed by atoms with van der Waals surface area (Å²) in [6, 6.07) is 22.4. The Morgan fingerprint density at radius 1 is 1.00 bits per heavy atom. The number of hydrogen-bond acceptors (Lipinski definition) is 3. The van der Waals surface area contributed by atoms with E-state index in [1.54, 1.807) is 30.5 Å². The van der Waals surface area contributed by atoms with Gasteiger partial charge >= 0.3 is 0 Å². The van der Waals surface area contributed by atoms with E-state index in [4.69, 9.17) is 16.3 Å². The van der Waals surface area contributed by atoms with Crippen LogP contribution in [-0.4, -0.2) is 12.1 Å². The van der Waals surface area contributed by atoms with Gasteiger partial charge in [-0.2, -0.15) is 5.10 Å². The Labute approximate surface area is 163 Å². The van der Waals surface area contributed by atoms with Crippen LogP contribution in [0.5, 0.6) is 5.75 Å². The lowest BCUT2D eigenvalue weighted by molar-refractivity contribution is 0.0955. The summed E-state index contributed by atoms with van der Waals surface area (Å²) in [4.78, 5) is 12.0. The molecule has 136 valence electrons. The van der Waals surface area contributed by atoms with Crippen molar-refractivity contribution < 1.29 is 9.53 Å². The highest BCUT2D eigenvalue weighted by molar-refractivity contribution is 6.30. The maximum Gasteiger partial charge on any atom is 0.271 e. The van der Waals surface area contributed by atoms with Gasteiger partial charge in [-0.05, 0) is 66.6 Å². The molecule has 4 nitrogen and oxygen atoms in total. The van der Waals surface area contributed by atoms with Crippen molar-refractivity contribution in [3.8, 4) is 5.75 Å². The predicted molar refractivity (Wildman–Crippen MR) is 108 cm³/mol. The zero-order chi connectivity index (χ0) is 19.1. The summed E-state index contributed by atoms with van der Waals surface area (Å²) in [6.07, 6.45) is 1.58. The van der Waals surface area contributed by atoms with E-state index in [1.807, 2.05) is 24.3 Å². The lowest BCUT2D eigenvalue weighted by Gasteiger charge is -2.07. The first-order valence-corrected chi connectivity index (χ1v) is 8.85. The van der Waals surface area contributed by atoms with E-state index in [1.165, 1.54) is 5.56 Å². The van der Waals surface area contributed by atoms with Gasteiger partial charge < -0.3 is 4.74 Å². The Morgan fingerprint density at radius 3 is 2.33 bits per heavy atom. The van der Waals surface area contributed by atoms with Crippen molar-refractivity contribution >= 4 is 23.7 Å². The number of carbonyl (C=O) groups is 1. The van der Waals surface area contributed by atoms with Crippen LogP contribution in [0.25, 0.3) is 0 Å². The van der Waals surface area contributed by atoms with E-state index < -0.39 is 0 Å². The first-order chi connectivity index (χ1) is 13.1. The number of aryl methyl sites for hydroxylation is 1. The molecule has 0 aliphatic carbocycles. The molecule has 3 rings (SSSR count). The summed E-state index contributed by atoms with van der Waals surface area (Å²) >= 11 is 5.81. The molecular weight excluding hydrogens is 360 g/mol. The smallest absolute Gasteiger partial charge is 0.271 e. The number of rotatable bonds is 6. The summed E-state index contributed by atoms with van der Waals surface area (Å²) < 4.78 is 5.77. The van der Waals surface area contributed by atoms with Crippen LogP contribution in [0.3, 0.4) is 0 Å². The van der Waals surface area contributed by atoms with E-state index in [-0.39, 0.29) is 5.91 Å². The summed E-state index contributed by atoms with van der Waals surface area (Å²) in [5.74, 6) is 0.485. The molecule has 3 aromatic carbocycles. The van der Waals surface area contributed by atoms with Crippen LogP contribution in [0.1, 0.15) is 27.0 Å². The van der Waals surface area contributed by atoms with Gasteiger partial charge in [0.25, 0.3) is 5.91 Å².